The number of esters is 4. The number of benzene rings is 2. The van der Waals surface area contributed by atoms with Gasteiger partial charge in [-0.3, -0.25) is 0 Å². The van der Waals surface area contributed by atoms with Crippen molar-refractivity contribution >= 4 is 93.5 Å². The van der Waals surface area contributed by atoms with Crippen LogP contribution in [0.2, 0.25) is 30.1 Å². The van der Waals surface area contributed by atoms with E-state index >= 15 is 0 Å². The Kier molecular flexibility index (Phi) is 15.7. The monoisotopic (exact) mass is 770 g/mol. The number of ether oxygens (including phenoxy) is 4. The maximum atomic E-state index is 13.0. The van der Waals surface area contributed by atoms with Gasteiger partial charge in [-0.05, 0) is 55.6 Å². The fraction of sp³-hybridized carbons (Fsp3) is 0.515. The molecule has 0 saturated heterocycles. The number of halogens is 6. The summed E-state index contributed by atoms with van der Waals surface area (Å²) in [5.74, 6) is -4.33. The Hall–Kier alpha value is -1.94. The largest absolute Gasteiger partial charge is 0.462 e. The molecule has 258 valence electrons. The van der Waals surface area contributed by atoms with Gasteiger partial charge >= 0.3 is 23.9 Å². The van der Waals surface area contributed by atoms with E-state index in [0.29, 0.717) is 24.7 Å². The van der Waals surface area contributed by atoms with Crippen LogP contribution in [0.15, 0.2) is 12.1 Å². The van der Waals surface area contributed by atoms with Crippen molar-refractivity contribution in [3.8, 4) is 11.5 Å². The third kappa shape index (κ3) is 11.6. The lowest BCUT2D eigenvalue weighted by Crippen LogP contribution is -2.27. The third-order valence-corrected chi connectivity index (χ3v) is 9.74. The number of carbonyl (C=O) groups excluding carboxylic acids is 4. The Morgan fingerprint density at radius 2 is 1.11 bits per heavy atom. The minimum atomic E-state index is -1.64. The van der Waals surface area contributed by atoms with Gasteiger partial charge in [0.2, 0.25) is 0 Å². The lowest BCUT2D eigenvalue weighted by molar-refractivity contribution is -0.156. The quantitative estimate of drug-likeness (QED) is 0.0546. The van der Waals surface area contributed by atoms with Crippen molar-refractivity contribution < 1.29 is 38.1 Å². The van der Waals surface area contributed by atoms with E-state index < -0.39 is 46.5 Å². The first kappa shape index (κ1) is 39.5. The second-order valence-electron chi connectivity index (χ2n) is 11.8. The fourth-order valence-corrected chi connectivity index (χ4v) is 6.22. The molecule has 1 fully saturated rings. The van der Waals surface area contributed by atoms with Gasteiger partial charge in [0.1, 0.15) is 11.1 Å². The predicted molar refractivity (Wildman–Crippen MR) is 184 cm³/mol. The molecule has 0 radical (unpaired) electrons. The van der Waals surface area contributed by atoms with Crippen LogP contribution in [0.25, 0.3) is 0 Å². The average molecular weight is 773 g/mol. The van der Waals surface area contributed by atoms with Crippen molar-refractivity contribution in [3.05, 3.63) is 53.4 Å². The molecule has 1 aliphatic carbocycles. The summed E-state index contributed by atoms with van der Waals surface area (Å²) in [4.78, 5) is 51.8. The van der Waals surface area contributed by atoms with Gasteiger partial charge in [-0.25, -0.2) is 19.2 Å². The second-order valence-corrected chi connectivity index (χ2v) is 14.2. The fourth-order valence-electron chi connectivity index (χ4n) is 4.78. The molecule has 8 nitrogen and oxygen atoms in total. The number of unbranched alkanes of at least 4 members (excludes halogenated alkanes) is 4. The number of hydrogen-bond donors (Lipinski definition) is 0. The van der Waals surface area contributed by atoms with Gasteiger partial charge in [-0.1, -0.05) is 122 Å². The maximum Gasteiger partial charge on any atom is 0.423 e. The molecule has 2 aromatic carbocycles. The molecule has 0 aliphatic heterocycles. The Balaban J connectivity index is 1.70. The zero-order chi connectivity index (χ0) is 34.8. The SMILES string of the molecule is CC(C)CCCCCCOC(=O)c1c(Cl)c(Cl)cc(Cl)c1OC(=O)C(=O)Oc1c(Cl)cc(Cl)c(Cl)c1C(=O)OCCCCC1CC1C. The molecule has 2 aromatic rings. The van der Waals surface area contributed by atoms with Crippen LogP contribution in [-0.4, -0.2) is 37.1 Å². The molecule has 2 unspecified atom stereocenters. The summed E-state index contributed by atoms with van der Waals surface area (Å²) in [7, 11) is 0. The van der Waals surface area contributed by atoms with Crippen molar-refractivity contribution in [1.82, 2.24) is 0 Å². The van der Waals surface area contributed by atoms with Crippen LogP contribution in [0.1, 0.15) is 99.3 Å². The van der Waals surface area contributed by atoms with E-state index in [1.54, 1.807) is 0 Å². The second kappa shape index (κ2) is 18.7. The first-order chi connectivity index (χ1) is 22.2. The zero-order valence-corrected chi connectivity index (χ0v) is 30.7. The Morgan fingerprint density at radius 1 is 0.681 bits per heavy atom. The van der Waals surface area contributed by atoms with Gasteiger partial charge in [0, 0.05) is 0 Å². The van der Waals surface area contributed by atoms with Gasteiger partial charge < -0.3 is 18.9 Å². The highest BCUT2D eigenvalue weighted by molar-refractivity contribution is 6.47. The molecule has 1 saturated carbocycles. The standard InChI is InChI=1S/C33H36Cl6O8/c1-17(2)10-6-4-5-8-12-44-30(40)24-26(38)20(34)15-22(36)28(24)46-32(42)33(43)47-29-23(37)16-21(35)27(39)25(29)31(41)45-13-9-7-11-19-14-18(19)3/h15-19H,4-14H2,1-3H3. The normalized spacial score (nSPS) is 15.4. The third-order valence-electron chi connectivity index (χ3n) is 7.61. The summed E-state index contributed by atoms with van der Waals surface area (Å²) in [6.07, 6.45) is 8.29. The van der Waals surface area contributed by atoms with Gasteiger partial charge in [0.05, 0.1) is 43.3 Å². The van der Waals surface area contributed by atoms with Crippen LogP contribution in [-0.2, 0) is 19.1 Å². The Morgan fingerprint density at radius 3 is 1.53 bits per heavy atom. The highest BCUT2D eigenvalue weighted by Gasteiger charge is 2.33. The smallest absolute Gasteiger partial charge is 0.423 e. The van der Waals surface area contributed by atoms with Crippen molar-refractivity contribution in [2.45, 2.75) is 78.6 Å². The van der Waals surface area contributed by atoms with Crippen molar-refractivity contribution in [2.75, 3.05) is 13.2 Å². The van der Waals surface area contributed by atoms with E-state index in [9.17, 15) is 19.2 Å². The number of carbonyl (C=O) groups is 4. The number of hydrogen-bond acceptors (Lipinski definition) is 8. The molecule has 47 heavy (non-hydrogen) atoms. The van der Waals surface area contributed by atoms with E-state index in [0.717, 1.165) is 56.6 Å². The first-order valence-corrected chi connectivity index (χ1v) is 17.6. The lowest BCUT2D eigenvalue weighted by Gasteiger charge is -2.15. The molecule has 0 bridgehead atoms. The van der Waals surface area contributed by atoms with Crippen molar-refractivity contribution in [1.29, 1.82) is 0 Å². The topological polar surface area (TPSA) is 105 Å². The summed E-state index contributed by atoms with van der Waals surface area (Å²) >= 11 is 37.2. The zero-order valence-electron chi connectivity index (χ0n) is 26.2. The number of rotatable bonds is 16. The molecule has 0 amide bonds. The van der Waals surface area contributed by atoms with Crippen LogP contribution in [0.5, 0.6) is 11.5 Å². The van der Waals surface area contributed by atoms with Crippen LogP contribution >= 0.6 is 69.6 Å². The molecule has 0 spiro atoms. The Labute approximate surface area is 304 Å². The molecular weight excluding hydrogens is 737 g/mol. The maximum absolute atomic E-state index is 13.0. The highest BCUT2D eigenvalue weighted by Crippen LogP contribution is 2.43. The Bertz CT molecular complexity index is 1480. The average Bonchev–Trinajstić information content (AvgIpc) is 3.71. The predicted octanol–water partition coefficient (Wildman–Crippen LogP) is 10.9. The van der Waals surface area contributed by atoms with Gasteiger partial charge in [0.25, 0.3) is 0 Å². The summed E-state index contributed by atoms with van der Waals surface area (Å²) in [6, 6.07) is 2.25. The van der Waals surface area contributed by atoms with E-state index in [-0.39, 0.29) is 43.3 Å². The van der Waals surface area contributed by atoms with Crippen LogP contribution in [0.4, 0.5) is 0 Å². The molecule has 14 heteroatoms. The van der Waals surface area contributed by atoms with E-state index in [4.69, 9.17) is 88.6 Å². The molecular formula is C33H36Cl6O8. The van der Waals surface area contributed by atoms with E-state index in [1.807, 2.05) is 0 Å². The minimum Gasteiger partial charge on any atom is -0.462 e. The van der Waals surface area contributed by atoms with Crippen LogP contribution in [0, 0.1) is 17.8 Å². The van der Waals surface area contributed by atoms with Gasteiger partial charge in [0.15, 0.2) is 11.5 Å². The molecule has 0 aromatic heterocycles. The molecule has 2 atom stereocenters. The van der Waals surface area contributed by atoms with Crippen molar-refractivity contribution in [2.24, 2.45) is 17.8 Å². The summed E-state index contributed by atoms with van der Waals surface area (Å²) < 4.78 is 21.0. The van der Waals surface area contributed by atoms with Crippen LogP contribution in [0.3, 0.4) is 0 Å². The van der Waals surface area contributed by atoms with E-state index in [1.165, 1.54) is 6.42 Å². The molecule has 1 aliphatic rings. The molecule has 3 rings (SSSR count). The molecule has 0 heterocycles. The lowest BCUT2D eigenvalue weighted by atomic mass is 10.0. The van der Waals surface area contributed by atoms with Crippen LogP contribution < -0.4 is 9.47 Å². The van der Waals surface area contributed by atoms with Crippen molar-refractivity contribution in [3.63, 3.8) is 0 Å². The summed E-state index contributed by atoms with van der Waals surface area (Å²) in [5.41, 5.74) is -0.916. The summed E-state index contributed by atoms with van der Waals surface area (Å²) in [5, 5.41) is -1.46. The van der Waals surface area contributed by atoms with Gasteiger partial charge in [-0.2, -0.15) is 0 Å². The summed E-state index contributed by atoms with van der Waals surface area (Å²) in [6.45, 7) is 6.63. The molecule has 0 N–H and O–H groups in total. The van der Waals surface area contributed by atoms with Gasteiger partial charge in [-0.15, -0.1) is 0 Å². The first-order valence-electron chi connectivity index (χ1n) is 15.4. The van der Waals surface area contributed by atoms with E-state index in [2.05, 4.69) is 20.8 Å². The minimum absolute atomic E-state index is 0.0603. The highest BCUT2D eigenvalue weighted by atomic mass is 35.5.